The molecule has 2 amide bonds. The SMILES string of the molecule is O=C(O)CCCOc1ccccc1OCCCCCCN1C(=O)c2ccccc2C1=O. The Hall–Kier alpha value is -3.35. The molecule has 0 aliphatic carbocycles. The van der Waals surface area contributed by atoms with Crippen LogP contribution >= 0.6 is 0 Å². The van der Waals surface area contributed by atoms with Crippen LogP contribution in [0.5, 0.6) is 11.5 Å². The first-order valence-electron chi connectivity index (χ1n) is 10.6. The number of hydrogen-bond donors (Lipinski definition) is 1. The van der Waals surface area contributed by atoms with E-state index < -0.39 is 5.97 Å². The first-order valence-corrected chi connectivity index (χ1v) is 10.6. The first kappa shape index (κ1) is 22.3. The number of rotatable bonds is 13. The van der Waals surface area contributed by atoms with Crippen molar-refractivity contribution in [2.45, 2.75) is 38.5 Å². The van der Waals surface area contributed by atoms with Crippen molar-refractivity contribution < 1.29 is 29.0 Å². The predicted molar refractivity (Wildman–Crippen MR) is 115 cm³/mol. The second kappa shape index (κ2) is 11.2. The number of carbonyl (C=O) groups excluding carboxylic acids is 2. The molecule has 0 aromatic heterocycles. The number of amides is 2. The summed E-state index contributed by atoms with van der Waals surface area (Å²) in [6, 6.07) is 14.3. The Bertz CT molecular complexity index is 891. The second-order valence-electron chi connectivity index (χ2n) is 7.36. The van der Waals surface area contributed by atoms with E-state index in [4.69, 9.17) is 14.6 Å². The Labute approximate surface area is 181 Å². The molecule has 2 aromatic rings. The maximum Gasteiger partial charge on any atom is 0.303 e. The minimum atomic E-state index is -0.837. The van der Waals surface area contributed by atoms with Gasteiger partial charge in [-0.25, -0.2) is 0 Å². The number of carboxylic acids is 1. The van der Waals surface area contributed by atoms with E-state index in [0.717, 1.165) is 25.7 Å². The molecule has 3 rings (SSSR count). The smallest absolute Gasteiger partial charge is 0.303 e. The minimum absolute atomic E-state index is 0.0732. The van der Waals surface area contributed by atoms with E-state index >= 15 is 0 Å². The van der Waals surface area contributed by atoms with Gasteiger partial charge in [0.15, 0.2) is 11.5 Å². The summed E-state index contributed by atoms with van der Waals surface area (Å²) >= 11 is 0. The zero-order valence-electron chi connectivity index (χ0n) is 17.4. The molecular formula is C24H27NO6. The van der Waals surface area contributed by atoms with Gasteiger partial charge in [0.25, 0.3) is 11.8 Å². The van der Waals surface area contributed by atoms with Crippen molar-refractivity contribution in [3.8, 4) is 11.5 Å². The number of ether oxygens (including phenoxy) is 2. The maximum absolute atomic E-state index is 12.3. The predicted octanol–water partition coefficient (Wildman–Crippen LogP) is 4.17. The van der Waals surface area contributed by atoms with Crippen molar-refractivity contribution in [1.82, 2.24) is 4.90 Å². The number of benzene rings is 2. The van der Waals surface area contributed by atoms with Gasteiger partial charge in [0.05, 0.1) is 24.3 Å². The van der Waals surface area contributed by atoms with E-state index in [1.807, 2.05) is 18.2 Å². The standard InChI is InChI=1S/C24H27NO6/c26-22(27)14-9-17-31-21-13-6-5-12-20(21)30-16-8-2-1-7-15-25-23(28)18-10-3-4-11-19(18)24(25)29/h3-6,10-13H,1-2,7-9,14-17H2,(H,26,27). The molecule has 0 fully saturated rings. The molecule has 0 saturated heterocycles. The fraction of sp³-hybridized carbons (Fsp3) is 0.375. The van der Waals surface area contributed by atoms with Crippen LogP contribution in [-0.2, 0) is 4.79 Å². The van der Waals surface area contributed by atoms with Crippen LogP contribution in [0.2, 0.25) is 0 Å². The van der Waals surface area contributed by atoms with Crippen LogP contribution < -0.4 is 9.47 Å². The molecule has 0 spiro atoms. The molecule has 0 unspecified atom stereocenters. The highest BCUT2D eigenvalue weighted by atomic mass is 16.5. The van der Waals surface area contributed by atoms with Crippen molar-refractivity contribution >= 4 is 17.8 Å². The average Bonchev–Trinajstić information content (AvgIpc) is 3.01. The molecule has 31 heavy (non-hydrogen) atoms. The normalized spacial score (nSPS) is 12.7. The lowest BCUT2D eigenvalue weighted by Gasteiger charge is -2.14. The van der Waals surface area contributed by atoms with Gasteiger partial charge in [-0.3, -0.25) is 19.3 Å². The van der Waals surface area contributed by atoms with Gasteiger partial charge in [0, 0.05) is 13.0 Å². The topological polar surface area (TPSA) is 93.1 Å². The molecule has 2 aromatic carbocycles. The van der Waals surface area contributed by atoms with Gasteiger partial charge >= 0.3 is 5.97 Å². The van der Waals surface area contributed by atoms with Crippen LogP contribution in [0.4, 0.5) is 0 Å². The van der Waals surface area contributed by atoms with E-state index in [9.17, 15) is 14.4 Å². The second-order valence-corrected chi connectivity index (χ2v) is 7.36. The van der Waals surface area contributed by atoms with E-state index in [1.54, 1.807) is 30.3 Å². The highest BCUT2D eigenvalue weighted by molar-refractivity contribution is 6.21. The van der Waals surface area contributed by atoms with Crippen molar-refractivity contribution in [2.75, 3.05) is 19.8 Å². The highest BCUT2D eigenvalue weighted by Gasteiger charge is 2.34. The molecule has 0 atom stereocenters. The Kier molecular flexibility index (Phi) is 8.04. The van der Waals surface area contributed by atoms with Crippen molar-refractivity contribution in [3.63, 3.8) is 0 Å². The Morgan fingerprint density at radius 3 is 1.84 bits per heavy atom. The number of nitrogens with zero attached hydrogens (tertiary/aromatic N) is 1. The summed E-state index contributed by atoms with van der Waals surface area (Å²) in [5, 5.41) is 8.68. The molecule has 1 aliphatic heterocycles. The monoisotopic (exact) mass is 425 g/mol. The summed E-state index contributed by atoms with van der Waals surface area (Å²) in [5.74, 6) is 0.00582. The first-order chi connectivity index (χ1) is 15.1. The van der Waals surface area contributed by atoms with Crippen LogP contribution in [0.25, 0.3) is 0 Å². The number of para-hydroxylation sites is 2. The Morgan fingerprint density at radius 1 is 0.742 bits per heavy atom. The third-order valence-electron chi connectivity index (χ3n) is 5.05. The minimum Gasteiger partial charge on any atom is -0.490 e. The van der Waals surface area contributed by atoms with Gasteiger partial charge in [0.1, 0.15) is 0 Å². The van der Waals surface area contributed by atoms with Gasteiger partial charge in [0.2, 0.25) is 0 Å². The molecule has 0 bridgehead atoms. The van der Waals surface area contributed by atoms with Gasteiger partial charge in [-0.2, -0.15) is 0 Å². The molecule has 0 saturated carbocycles. The van der Waals surface area contributed by atoms with E-state index in [0.29, 0.717) is 48.8 Å². The number of carboxylic acid groups (broad SMARTS) is 1. The molecule has 164 valence electrons. The summed E-state index contributed by atoms with van der Waals surface area (Å²) in [6.45, 7) is 1.28. The van der Waals surface area contributed by atoms with Gasteiger partial charge in [-0.1, -0.05) is 37.1 Å². The zero-order valence-corrected chi connectivity index (χ0v) is 17.4. The summed E-state index contributed by atoms with van der Waals surface area (Å²) in [5.41, 5.74) is 0.981. The van der Waals surface area contributed by atoms with Gasteiger partial charge in [-0.05, 0) is 43.5 Å². The quantitative estimate of drug-likeness (QED) is 0.383. The molecule has 1 aliphatic rings. The van der Waals surface area contributed by atoms with Crippen LogP contribution in [0.3, 0.4) is 0 Å². The summed E-state index contributed by atoms with van der Waals surface area (Å²) < 4.78 is 11.4. The van der Waals surface area contributed by atoms with E-state index in [-0.39, 0.29) is 18.2 Å². The molecular weight excluding hydrogens is 398 g/mol. The average molecular weight is 425 g/mol. The molecule has 1 heterocycles. The van der Waals surface area contributed by atoms with Gasteiger partial charge < -0.3 is 14.6 Å². The lowest BCUT2D eigenvalue weighted by Crippen LogP contribution is -2.30. The van der Waals surface area contributed by atoms with Crippen LogP contribution in [0, 0.1) is 0 Å². The summed E-state index contributed by atoms with van der Waals surface area (Å²) in [7, 11) is 0. The zero-order chi connectivity index (χ0) is 22.1. The lowest BCUT2D eigenvalue weighted by molar-refractivity contribution is -0.137. The molecule has 1 N–H and O–H groups in total. The molecule has 7 nitrogen and oxygen atoms in total. The number of unbranched alkanes of at least 4 members (excludes halogenated alkanes) is 3. The van der Waals surface area contributed by atoms with E-state index in [1.165, 1.54) is 4.90 Å². The van der Waals surface area contributed by atoms with Crippen molar-refractivity contribution in [2.24, 2.45) is 0 Å². The molecule has 0 radical (unpaired) electrons. The van der Waals surface area contributed by atoms with E-state index in [2.05, 4.69) is 0 Å². The third kappa shape index (κ3) is 6.07. The fourth-order valence-electron chi connectivity index (χ4n) is 3.44. The molecule has 7 heteroatoms. The maximum atomic E-state index is 12.3. The van der Waals surface area contributed by atoms with Crippen LogP contribution in [0.15, 0.2) is 48.5 Å². The van der Waals surface area contributed by atoms with Crippen LogP contribution in [-0.4, -0.2) is 47.5 Å². The summed E-state index contributed by atoms with van der Waals surface area (Å²) in [6.07, 6.45) is 3.93. The van der Waals surface area contributed by atoms with Crippen molar-refractivity contribution in [1.29, 1.82) is 0 Å². The number of aliphatic carboxylic acids is 1. The lowest BCUT2D eigenvalue weighted by atomic mass is 10.1. The fourth-order valence-corrected chi connectivity index (χ4v) is 3.44. The third-order valence-corrected chi connectivity index (χ3v) is 5.05. The number of imide groups is 1. The van der Waals surface area contributed by atoms with Crippen molar-refractivity contribution in [3.05, 3.63) is 59.7 Å². The number of carbonyl (C=O) groups is 3. The number of hydrogen-bond acceptors (Lipinski definition) is 5. The highest BCUT2D eigenvalue weighted by Crippen LogP contribution is 2.27. The summed E-state index contributed by atoms with van der Waals surface area (Å²) in [4.78, 5) is 36.6. The number of fused-ring (bicyclic) bond motifs is 1. The largest absolute Gasteiger partial charge is 0.490 e. The van der Waals surface area contributed by atoms with Crippen LogP contribution in [0.1, 0.15) is 59.2 Å². The van der Waals surface area contributed by atoms with Gasteiger partial charge in [-0.15, -0.1) is 0 Å². The Morgan fingerprint density at radius 2 is 1.26 bits per heavy atom. The Balaban J connectivity index is 1.32.